The van der Waals surface area contributed by atoms with E-state index in [4.69, 9.17) is 0 Å². The van der Waals surface area contributed by atoms with Crippen LogP contribution in [0.15, 0.2) is 77.7 Å². The number of amides is 1. The SMILES string of the molecule is Cc1cc(C[C@H](NS(=O)(=O)c2ccccc2)c2nc3ccccc3[n-]2)ccc1[C@@H]1CC(=O)NS1(=O)=O.[Na+]. The number of rotatable bonds is 7. The summed E-state index contributed by atoms with van der Waals surface area (Å²) in [5, 5.41) is -0.949. The van der Waals surface area contributed by atoms with E-state index in [1.807, 2.05) is 29.0 Å². The van der Waals surface area contributed by atoms with Crippen LogP contribution in [0, 0.1) is 6.92 Å². The van der Waals surface area contributed by atoms with Gasteiger partial charge in [0, 0.05) is 6.04 Å². The molecule has 3 aromatic carbocycles. The van der Waals surface area contributed by atoms with Crippen LogP contribution in [0.5, 0.6) is 0 Å². The number of imidazole rings is 1. The summed E-state index contributed by atoms with van der Waals surface area (Å²) in [4.78, 5) is 20.9. The minimum Gasteiger partial charge on any atom is -0.438 e. The van der Waals surface area contributed by atoms with Crippen LogP contribution >= 0.6 is 0 Å². The first-order valence-electron chi connectivity index (χ1n) is 11.2. The minimum absolute atomic E-state index is 0. The van der Waals surface area contributed by atoms with Crippen molar-refractivity contribution >= 4 is 37.0 Å². The first-order valence-corrected chi connectivity index (χ1v) is 14.3. The first kappa shape index (κ1) is 27.5. The van der Waals surface area contributed by atoms with E-state index in [2.05, 4.69) is 14.7 Å². The van der Waals surface area contributed by atoms with Crippen LogP contribution in [0.4, 0.5) is 0 Å². The van der Waals surface area contributed by atoms with E-state index in [1.165, 1.54) is 12.1 Å². The number of nitrogens with one attached hydrogen (secondary N) is 2. The Morgan fingerprint density at radius 3 is 2.43 bits per heavy atom. The summed E-state index contributed by atoms with van der Waals surface area (Å²) < 4.78 is 55.7. The van der Waals surface area contributed by atoms with Crippen molar-refractivity contribution in [2.24, 2.45) is 0 Å². The van der Waals surface area contributed by atoms with Crippen molar-refractivity contribution in [1.29, 1.82) is 0 Å². The van der Waals surface area contributed by atoms with Gasteiger partial charge < -0.3 is 9.97 Å². The molecular weight excluding hydrogens is 523 g/mol. The fraction of sp³-hybridized carbons (Fsp3) is 0.200. The fourth-order valence-electron chi connectivity index (χ4n) is 4.41. The predicted octanol–water partition coefficient (Wildman–Crippen LogP) is -0.342. The third-order valence-electron chi connectivity index (χ3n) is 6.14. The number of para-hydroxylation sites is 2. The third-order valence-corrected chi connectivity index (χ3v) is 9.31. The van der Waals surface area contributed by atoms with Gasteiger partial charge in [-0.1, -0.05) is 66.5 Å². The number of hydrogen-bond donors (Lipinski definition) is 2. The molecule has 0 radical (unpaired) electrons. The molecule has 0 bridgehead atoms. The van der Waals surface area contributed by atoms with Crippen LogP contribution in [0.3, 0.4) is 0 Å². The molecule has 1 amide bonds. The maximum atomic E-state index is 13.1. The summed E-state index contributed by atoms with van der Waals surface area (Å²) in [5.41, 5.74) is 3.31. The summed E-state index contributed by atoms with van der Waals surface area (Å²) in [6, 6.07) is 19.8. The van der Waals surface area contributed by atoms with Gasteiger partial charge in [0.1, 0.15) is 5.25 Å². The maximum absolute atomic E-state index is 13.1. The van der Waals surface area contributed by atoms with Gasteiger partial charge in [-0.3, -0.25) is 9.52 Å². The molecule has 186 valence electrons. The molecule has 0 unspecified atom stereocenters. The number of nitrogens with zero attached hydrogens (tertiary/aromatic N) is 2. The van der Waals surface area contributed by atoms with Crippen LogP contribution in [0.1, 0.15) is 40.2 Å². The number of sulfonamides is 2. The Morgan fingerprint density at radius 1 is 1.08 bits per heavy atom. The van der Waals surface area contributed by atoms with E-state index >= 15 is 0 Å². The van der Waals surface area contributed by atoms with Gasteiger partial charge in [0.05, 0.1) is 11.3 Å². The molecule has 4 aromatic rings. The standard InChI is InChI=1S/C25H24N4O5S2.Na/c1-16-13-17(11-12-19(16)23-15-24(30)29-36(23,33)34)14-22(25-26-20-9-5-6-10-21(20)27-25)28-35(31,32)18-7-3-2-4-8-18;/h2-13,22-23,28H,14-15H2,1H3,(H2,26,27,29,30);/q;+1/p-1/t22-,23-;/m0./s1. The topological polar surface area (TPSA) is 136 Å². The minimum atomic E-state index is -3.87. The zero-order chi connectivity index (χ0) is 25.5. The van der Waals surface area contributed by atoms with Gasteiger partial charge in [0.25, 0.3) is 0 Å². The second-order valence-corrected chi connectivity index (χ2v) is 12.3. The van der Waals surface area contributed by atoms with Crippen molar-refractivity contribution in [3.05, 3.63) is 95.3 Å². The molecule has 1 aliphatic heterocycles. The molecule has 0 saturated carbocycles. The van der Waals surface area contributed by atoms with E-state index in [9.17, 15) is 21.6 Å². The Balaban J connectivity index is 0.00000320. The molecule has 37 heavy (non-hydrogen) atoms. The largest absolute Gasteiger partial charge is 1.00 e. The van der Waals surface area contributed by atoms with Crippen molar-refractivity contribution in [3.8, 4) is 0 Å². The molecule has 1 aliphatic rings. The summed E-state index contributed by atoms with van der Waals surface area (Å²) in [6.07, 6.45) is 0.105. The molecule has 1 aromatic heterocycles. The molecule has 0 spiro atoms. The van der Waals surface area contributed by atoms with E-state index in [0.29, 0.717) is 28.0 Å². The second kappa shape index (κ2) is 10.7. The quantitative estimate of drug-likeness (QED) is 0.303. The van der Waals surface area contributed by atoms with Crippen molar-refractivity contribution in [2.75, 3.05) is 0 Å². The van der Waals surface area contributed by atoms with Crippen LogP contribution in [-0.4, -0.2) is 27.7 Å². The van der Waals surface area contributed by atoms with Crippen molar-refractivity contribution in [1.82, 2.24) is 19.4 Å². The predicted molar refractivity (Wildman–Crippen MR) is 134 cm³/mol. The molecule has 5 rings (SSSR count). The normalized spacial score (nSPS) is 17.8. The molecule has 1 saturated heterocycles. The zero-order valence-corrected chi connectivity index (χ0v) is 23.9. The van der Waals surface area contributed by atoms with Gasteiger partial charge in [-0.2, -0.15) is 0 Å². The molecule has 0 aliphatic carbocycles. The van der Waals surface area contributed by atoms with Gasteiger partial charge >= 0.3 is 29.6 Å². The molecule has 1 fully saturated rings. The monoisotopic (exact) mass is 546 g/mol. The van der Waals surface area contributed by atoms with Crippen LogP contribution < -0.4 is 44.0 Å². The Kier molecular flexibility index (Phi) is 7.93. The number of benzene rings is 3. The molecule has 2 heterocycles. The van der Waals surface area contributed by atoms with Gasteiger partial charge in [-0.05, 0) is 53.2 Å². The molecule has 2 atom stereocenters. The number of hydrogen-bond acceptors (Lipinski definition) is 6. The number of carbonyl (C=O) groups excluding carboxylic acids is 1. The van der Waals surface area contributed by atoms with Crippen LogP contribution in [0.2, 0.25) is 0 Å². The van der Waals surface area contributed by atoms with E-state index in [0.717, 1.165) is 5.56 Å². The summed E-state index contributed by atoms with van der Waals surface area (Å²) >= 11 is 0. The van der Waals surface area contributed by atoms with Gasteiger partial charge in [-0.25, -0.2) is 21.6 Å². The smallest absolute Gasteiger partial charge is 0.438 e. The van der Waals surface area contributed by atoms with Crippen molar-refractivity contribution in [2.45, 2.75) is 36.0 Å². The summed E-state index contributed by atoms with van der Waals surface area (Å²) in [6.45, 7) is 1.77. The molecule has 12 heteroatoms. The van der Waals surface area contributed by atoms with Crippen molar-refractivity contribution in [3.63, 3.8) is 0 Å². The molecular formula is C25H23N4NaO5S2. The van der Waals surface area contributed by atoms with Crippen molar-refractivity contribution < 1.29 is 51.2 Å². The number of aryl methyl sites for hydroxylation is 1. The van der Waals surface area contributed by atoms with Crippen LogP contribution in [0.25, 0.3) is 11.0 Å². The molecule has 9 nitrogen and oxygen atoms in total. The first-order chi connectivity index (χ1) is 17.1. The average molecular weight is 547 g/mol. The average Bonchev–Trinajstić information content (AvgIpc) is 3.38. The maximum Gasteiger partial charge on any atom is 1.00 e. The Bertz CT molecular complexity index is 1640. The second-order valence-electron chi connectivity index (χ2n) is 8.72. The Hall–Kier alpha value is -2.54. The van der Waals surface area contributed by atoms with E-state index in [-0.39, 0.29) is 47.3 Å². The van der Waals surface area contributed by atoms with Gasteiger partial charge in [0.15, 0.2) is 0 Å². The van der Waals surface area contributed by atoms with E-state index < -0.39 is 37.2 Å². The summed E-state index contributed by atoms with van der Waals surface area (Å²) in [7, 11) is -7.64. The third kappa shape index (κ3) is 5.82. The zero-order valence-electron chi connectivity index (χ0n) is 20.2. The van der Waals surface area contributed by atoms with Crippen LogP contribution in [-0.2, 0) is 31.3 Å². The fourth-order valence-corrected chi connectivity index (χ4v) is 7.14. The Labute approximate surface area is 237 Å². The van der Waals surface area contributed by atoms with E-state index in [1.54, 1.807) is 43.3 Å². The number of carbonyl (C=O) groups is 1. The van der Waals surface area contributed by atoms with Gasteiger partial charge in [0.2, 0.25) is 26.0 Å². The summed E-state index contributed by atoms with van der Waals surface area (Å²) in [5.74, 6) is -0.190. The molecule has 2 N–H and O–H groups in total. The van der Waals surface area contributed by atoms with Gasteiger partial charge in [-0.15, -0.1) is 0 Å². The number of fused-ring (bicyclic) bond motifs is 1. The Morgan fingerprint density at radius 2 is 1.78 bits per heavy atom. The number of aromatic nitrogens is 2.